The van der Waals surface area contributed by atoms with E-state index in [0.717, 1.165) is 12.1 Å². The fourth-order valence-electron chi connectivity index (χ4n) is 1.92. The molecule has 0 unspecified atom stereocenters. The lowest BCUT2D eigenvalue weighted by atomic mass is 10.2. The van der Waals surface area contributed by atoms with Crippen LogP contribution in [0.25, 0.3) is 0 Å². The smallest absolute Gasteiger partial charge is 0.182 e. The number of sulfone groups is 1. The van der Waals surface area contributed by atoms with Gasteiger partial charge in [-0.3, -0.25) is 0 Å². The van der Waals surface area contributed by atoms with Crippen LogP contribution in [0, 0.1) is 5.82 Å². The summed E-state index contributed by atoms with van der Waals surface area (Å²) in [5.41, 5.74) is 0.567. The van der Waals surface area contributed by atoms with Crippen LogP contribution >= 0.6 is 0 Å². The van der Waals surface area contributed by atoms with Gasteiger partial charge in [-0.1, -0.05) is 6.07 Å². The molecule has 0 fully saturated rings. The fraction of sp³-hybridized carbons (Fsp3) is 0.200. The predicted octanol–water partition coefficient (Wildman–Crippen LogP) is 2.82. The maximum absolute atomic E-state index is 12.9. The second-order valence-corrected chi connectivity index (χ2v) is 6.39. The van der Waals surface area contributed by atoms with Crippen LogP contribution in [-0.4, -0.2) is 22.6 Å². The minimum atomic E-state index is -3.54. The number of methoxy groups -OCH3 is 2. The highest BCUT2D eigenvalue weighted by atomic mass is 32.2. The molecule has 4 nitrogen and oxygen atoms in total. The monoisotopic (exact) mass is 310 g/mol. The van der Waals surface area contributed by atoms with Gasteiger partial charge in [-0.25, -0.2) is 12.8 Å². The lowest BCUT2D eigenvalue weighted by Gasteiger charge is -2.10. The van der Waals surface area contributed by atoms with Crippen molar-refractivity contribution in [3.05, 3.63) is 53.8 Å². The quantitative estimate of drug-likeness (QED) is 0.797. The SMILES string of the molecule is COc1ccc(CS(=O)(=O)c2ccc(F)cc2)cc1OC. The summed E-state index contributed by atoms with van der Waals surface area (Å²) in [6, 6.07) is 9.68. The predicted molar refractivity (Wildman–Crippen MR) is 76.8 cm³/mol. The van der Waals surface area contributed by atoms with Gasteiger partial charge in [0.05, 0.1) is 24.9 Å². The van der Waals surface area contributed by atoms with E-state index in [0.29, 0.717) is 17.1 Å². The van der Waals surface area contributed by atoms with Gasteiger partial charge in [-0.2, -0.15) is 0 Å². The maximum Gasteiger partial charge on any atom is 0.182 e. The first-order chi connectivity index (χ1) is 9.96. The molecule has 0 heterocycles. The first-order valence-electron chi connectivity index (χ1n) is 6.15. The van der Waals surface area contributed by atoms with Gasteiger partial charge in [-0.15, -0.1) is 0 Å². The van der Waals surface area contributed by atoms with Crippen LogP contribution in [0.3, 0.4) is 0 Å². The largest absolute Gasteiger partial charge is 0.493 e. The van der Waals surface area contributed by atoms with E-state index < -0.39 is 15.7 Å². The fourth-order valence-corrected chi connectivity index (χ4v) is 3.25. The van der Waals surface area contributed by atoms with Crippen molar-refractivity contribution < 1.29 is 22.3 Å². The van der Waals surface area contributed by atoms with Crippen LogP contribution in [0.4, 0.5) is 4.39 Å². The van der Waals surface area contributed by atoms with Crippen molar-refractivity contribution in [1.29, 1.82) is 0 Å². The topological polar surface area (TPSA) is 52.6 Å². The Bertz CT molecular complexity index is 724. The lowest BCUT2D eigenvalue weighted by Crippen LogP contribution is -2.05. The number of hydrogen-bond acceptors (Lipinski definition) is 4. The van der Waals surface area contributed by atoms with Gasteiger partial charge >= 0.3 is 0 Å². The third kappa shape index (κ3) is 3.52. The van der Waals surface area contributed by atoms with Gasteiger partial charge in [-0.05, 0) is 42.0 Å². The molecule has 0 saturated carbocycles. The van der Waals surface area contributed by atoms with E-state index in [1.165, 1.54) is 26.4 Å². The number of hydrogen-bond donors (Lipinski definition) is 0. The van der Waals surface area contributed by atoms with Crippen molar-refractivity contribution >= 4 is 9.84 Å². The van der Waals surface area contributed by atoms with Crippen molar-refractivity contribution in [2.75, 3.05) is 14.2 Å². The Balaban J connectivity index is 2.30. The van der Waals surface area contributed by atoms with Gasteiger partial charge < -0.3 is 9.47 Å². The lowest BCUT2D eigenvalue weighted by molar-refractivity contribution is 0.354. The highest BCUT2D eigenvalue weighted by Crippen LogP contribution is 2.29. The molecule has 0 aliphatic heterocycles. The van der Waals surface area contributed by atoms with Crippen LogP contribution in [0.2, 0.25) is 0 Å². The summed E-state index contributed by atoms with van der Waals surface area (Å²) in [7, 11) is -0.549. The van der Waals surface area contributed by atoms with Crippen LogP contribution in [0.15, 0.2) is 47.4 Å². The Morgan fingerprint density at radius 1 is 0.952 bits per heavy atom. The van der Waals surface area contributed by atoms with Crippen LogP contribution in [0.5, 0.6) is 11.5 Å². The third-order valence-corrected chi connectivity index (χ3v) is 4.68. The van der Waals surface area contributed by atoms with E-state index in [1.807, 2.05) is 0 Å². The number of benzene rings is 2. The summed E-state index contributed by atoms with van der Waals surface area (Å²) in [4.78, 5) is 0.0821. The summed E-state index contributed by atoms with van der Waals surface area (Å²) in [6.45, 7) is 0. The van der Waals surface area contributed by atoms with Crippen molar-refractivity contribution in [2.24, 2.45) is 0 Å². The van der Waals surface area contributed by atoms with Crippen LogP contribution in [0.1, 0.15) is 5.56 Å². The molecule has 0 radical (unpaired) electrons. The number of halogens is 1. The van der Waals surface area contributed by atoms with Gasteiger partial charge in [0.2, 0.25) is 0 Å². The van der Waals surface area contributed by atoms with E-state index in [9.17, 15) is 12.8 Å². The van der Waals surface area contributed by atoms with E-state index in [1.54, 1.807) is 18.2 Å². The number of rotatable bonds is 5. The summed E-state index contributed by atoms with van der Waals surface area (Å²) >= 11 is 0. The molecule has 6 heteroatoms. The molecular weight excluding hydrogens is 295 g/mol. The molecule has 21 heavy (non-hydrogen) atoms. The minimum absolute atomic E-state index is 0.0821. The number of ether oxygens (including phenoxy) is 2. The molecule has 2 aromatic carbocycles. The molecule has 0 N–H and O–H groups in total. The highest BCUT2D eigenvalue weighted by Gasteiger charge is 2.16. The Hall–Kier alpha value is -2.08. The molecule has 0 spiro atoms. The average molecular weight is 310 g/mol. The van der Waals surface area contributed by atoms with Crippen molar-refractivity contribution in [1.82, 2.24) is 0 Å². The maximum atomic E-state index is 12.9. The molecule has 0 saturated heterocycles. The molecule has 0 aromatic heterocycles. The zero-order valence-corrected chi connectivity index (χ0v) is 12.5. The van der Waals surface area contributed by atoms with E-state index in [4.69, 9.17) is 9.47 Å². The van der Waals surface area contributed by atoms with Gasteiger partial charge in [0.15, 0.2) is 21.3 Å². The molecule has 0 aliphatic carbocycles. The van der Waals surface area contributed by atoms with Gasteiger partial charge in [0.25, 0.3) is 0 Å². The van der Waals surface area contributed by atoms with Crippen molar-refractivity contribution in [3.63, 3.8) is 0 Å². The molecule has 2 rings (SSSR count). The Labute approximate surface area is 123 Å². The normalized spacial score (nSPS) is 11.2. The van der Waals surface area contributed by atoms with Gasteiger partial charge in [0.1, 0.15) is 5.82 Å². The van der Waals surface area contributed by atoms with E-state index in [2.05, 4.69) is 0 Å². The Morgan fingerprint density at radius 3 is 2.14 bits per heavy atom. The first-order valence-corrected chi connectivity index (χ1v) is 7.81. The summed E-state index contributed by atoms with van der Waals surface area (Å²) in [6.07, 6.45) is 0. The van der Waals surface area contributed by atoms with Crippen molar-refractivity contribution in [2.45, 2.75) is 10.6 Å². The Morgan fingerprint density at radius 2 is 1.57 bits per heavy atom. The van der Waals surface area contributed by atoms with E-state index in [-0.39, 0.29) is 10.6 Å². The molecule has 0 atom stereocenters. The van der Waals surface area contributed by atoms with Crippen LogP contribution < -0.4 is 9.47 Å². The summed E-state index contributed by atoms with van der Waals surface area (Å²) in [5.74, 6) is 0.323. The second kappa shape index (κ2) is 6.13. The molecule has 112 valence electrons. The Kier molecular flexibility index (Phi) is 4.47. The zero-order chi connectivity index (χ0) is 15.5. The van der Waals surface area contributed by atoms with Crippen LogP contribution in [-0.2, 0) is 15.6 Å². The van der Waals surface area contributed by atoms with Crippen molar-refractivity contribution in [3.8, 4) is 11.5 Å². The van der Waals surface area contributed by atoms with E-state index >= 15 is 0 Å². The summed E-state index contributed by atoms with van der Waals surface area (Å²) in [5, 5.41) is 0. The molecule has 0 aliphatic rings. The average Bonchev–Trinajstić information content (AvgIpc) is 2.47. The molecule has 0 amide bonds. The first kappa shape index (κ1) is 15.3. The molecule has 2 aromatic rings. The third-order valence-electron chi connectivity index (χ3n) is 2.98. The molecule has 0 bridgehead atoms. The minimum Gasteiger partial charge on any atom is -0.493 e. The standard InChI is InChI=1S/C15H15FO4S/c1-19-14-8-3-11(9-15(14)20-2)10-21(17,18)13-6-4-12(16)5-7-13/h3-9H,10H2,1-2H3. The molecular formula is C15H15FO4S. The highest BCUT2D eigenvalue weighted by molar-refractivity contribution is 7.90. The second-order valence-electron chi connectivity index (χ2n) is 4.40. The zero-order valence-electron chi connectivity index (χ0n) is 11.7. The summed E-state index contributed by atoms with van der Waals surface area (Å²) < 4.78 is 47.6. The van der Waals surface area contributed by atoms with Gasteiger partial charge in [0, 0.05) is 0 Å².